The Bertz CT molecular complexity index is 491. The summed E-state index contributed by atoms with van der Waals surface area (Å²) in [6, 6.07) is 0. The number of rotatable bonds is 17. The minimum Gasteiger partial charge on any atom is -0.463 e. The standard InChI is InChI=1S/C20H41NO5S/c1-5-20(22)26-19(2)15-12-10-8-6-7-9-11-13-16-21(3,4)17-14-18-27(23,24)25/h19H,5-18H2,1-4H3/p+1. The van der Waals surface area contributed by atoms with Crippen molar-refractivity contribution in [3.63, 3.8) is 0 Å². The van der Waals surface area contributed by atoms with Crippen molar-refractivity contribution in [2.24, 2.45) is 0 Å². The molecule has 7 heteroatoms. The zero-order valence-corrected chi connectivity index (χ0v) is 18.7. The van der Waals surface area contributed by atoms with Crippen molar-refractivity contribution in [2.45, 2.75) is 90.6 Å². The van der Waals surface area contributed by atoms with E-state index in [9.17, 15) is 13.2 Å². The van der Waals surface area contributed by atoms with Crippen molar-refractivity contribution in [1.29, 1.82) is 0 Å². The number of quaternary nitrogens is 1. The molecule has 0 aromatic carbocycles. The van der Waals surface area contributed by atoms with Crippen LogP contribution in [0.15, 0.2) is 0 Å². The molecule has 1 N–H and O–H groups in total. The molecular formula is C20H42NO5S+. The summed E-state index contributed by atoms with van der Waals surface area (Å²) in [7, 11) is 0.395. The lowest BCUT2D eigenvalue weighted by molar-refractivity contribution is -0.890. The molecule has 0 bridgehead atoms. The van der Waals surface area contributed by atoms with Crippen LogP contribution in [0.2, 0.25) is 0 Å². The summed E-state index contributed by atoms with van der Waals surface area (Å²) in [6.07, 6.45) is 11.6. The maximum atomic E-state index is 11.2. The van der Waals surface area contributed by atoms with E-state index in [-0.39, 0.29) is 17.8 Å². The highest BCUT2D eigenvalue weighted by molar-refractivity contribution is 7.85. The molecule has 0 aromatic heterocycles. The Balaban J connectivity index is 3.50. The molecule has 0 aliphatic carbocycles. The lowest BCUT2D eigenvalue weighted by Crippen LogP contribution is -2.41. The smallest absolute Gasteiger partial charge is 0.305 e. The van der Waals surface area contributed by atoms with Crippen molar-refractivity contribution in [3.05, 3.63) is 0 Å². The molecule has 0 amide bonds. The summed E-state index contributed by atoms with van der Waals surface area (Å²) in [6.45, 7) is 5.60. The summed E-state index contributed by atoms with van der Waals surface area (Å²) in [5, 5.41) is 0. The molecule has 0 radical (unpaired) electrons. The first kappa shape index (κ1) is 26.3. The van der Waals surface area contributed by atoms with Crippen LogP contribution in [0.4, 0.5) is 0 Å². The minimum atomic E-state index is -3.83. The van der Waals surface area contributed by atoms with Crippen molar-refractivity contribution in [1.82, 2.24) is 0 Å². The average molecular weight is 409 g/mol. The Kier molecular flexibility index (Phi) is 14.0. The van der Waals surface area contributed by atoms with Gasteiger partial charge in [0.25, 0.3) is 10.1 Å². The molecule has 0 aliphatic heterocycles. The fraction of sp³-hybridized carbons (Fsp3) is 0.950. The van der Waals surface area contributed by atoms with E-state index in [1.165, 1.54) is 38.5 Å². The average Bonchev–Trinajstić information content (AvgIpc) is 2.54. The van der Waals surface area contributed by atoms with E-state index < -0.39 is 10.1 Å². The van der Waals surface area contributed by atoms with Crippen molar-refractivity contribution >= 4 is 16.1 Å². The summed E-state index contributed by atoms with van der Waals surface area (Å²) >= 11 is 0. The first-order valence-corrected chi connectivity index (χ1v) is 12.1. The van der Waals surface area contributed by atoms with Crippen molar-refractivity contribution in [3.8, 4) is 0 Å². The van der Waals surface area contributed by atoms with Crippen LogP contribution in [-0.4, -0.2) is 62.5 Å². The topological polar surface area (TPSA) is 80.7 Å². The summed E-state index contributed by atoms with van der Waals surface area (Å²) in [4.78, 5) is 11.2. The highest BCUT2D eigenvalue weighted by Crippen LogP contribution is 2.13. The molecule has 1 atom stereocenters. The van der Waals surface area contributed by atoms with Gasteiger partial charge in [-0.1, -0.05) is 39.0 Å². The molecule has 0 rings (SSSR count). The normalized spacial score (nSPS) is 13.5. The summed E-state index contributed by atoms with van der Waals surface area (Å²) in [5.41, 5.74) is 0. The van der Waals surface area contributed by atoms with Gasteiger partial charge in [0.2, 0.25) is 0 Å². The van der Waals surface area contributed by atoms with Gasteiger partial charge in [-0.25, -0.2) is 0 Å². The molecule has 0 spiro atoms. The van der Waals surface area contributed by atoms with Crippen LogP contribution in [0.3, 0.4) is 0 Å². The SMILES string of the molecule is CCC(=O)OC(C)CCCCCCCCCC[N+](C)(C)CCCS(=O)(=O)O. The highest BCUT2D eigenvalue weighted by Gasteiger charge is 2.16. The van der Waals surface area contributed by atoms with E-state index in [4.69, 9.17) is 9.29 Å². The predicted molar refractivity (Wildman–Crippen MR) is 110 cm³/mol. The maximum absolute atomic E-state index is 11.2. The Hall–Kier alpha value is -0.660. The van der Waals surface area contributed by atoms with Gasteiger partial charge in [-0.2, -0.15) is 8.42 Å². The maximum Gasteiger partial charge on any atom is 0.305 e. The minimum absolute atomic E-state index is 0.0383. The fourth-order valence-corrected chi connectivity index (χ4v) is 3.68. The summed E-state index contributed by atoms with van der Waals surface area (Å²) < 4.78 is 36.4. The molecule has 0 saturated carbocycles. The van der Waals surface area contributed by atoms with Crippen LogP contribution < -0.4 is 0 Å². The van der Waals surface area contributed by atoms with Crippen LogP contribution in [-0.2, 0) is 19.6 Å². The number of nitrogens with zero attached hydrogens (tertiary/aromatic N) is 1. The van der Waals surface area contributed by atoms with Gasteiger partial charge < -0.3 is 9.22 Å². The molecular weight excluding hydrogens is 366 g/mol. The van der Waals surface area contributed by atoms with Gasteiger partial charge in [0.05, 0.1) is 39.0 Å². The van der Waals surface area contributed by atoms with Crippen molar-refractivity contribution < 1.29 is 27.0 Å². The molecule has 1 unspecified atom stereocenters. The molecule has 27 heavy (non-hydrogen) atoms. The lowest BCUT2D eigenvalue weighted by Gasteiger charge is -2.29. The third-order valence-electron chi connectivity index (χ3n) is 4.91. The van der Waals surface area contributed by atoms with Gasteiger partial charge in [-0.15, -0.1) is 0 Å². The molecule has 6 nitrogen and oxygen atoms in total. The first-order valence-electron chi connectivity index (χ1n) is 10.5. The number of carbonyl (C=O) groups is 1. The number of ether oxygens (including phenoxy) is 1. The van der Waals surface area contributed by atoms with E-state index in [1.54, 1.807) is 0 Å². The lowest BCUT2D eigenvalue weighted by atomic mass is 10.1. The number of unbranched alkanes of at least 4 members (excludes halogenated alkanes) is 7. The Labute approximate surface area is 167 Å². The van der Waals surface area contributed by atoms with Crippen LogP contribution >= 0.6 is 0 Å². The molecule has 0 saturated heterocycles. The zero-order chi connectivity index (χ0) is 20.8. The second-order valence-corrected chi connectivity index (χ2v) is 9.87. The van der Waals surface area contributed by atoms with Crippen LogP contribution in [0.25, 0.3) is 0 Å². The second kappa shape index (κ2) is 14.4. The fourth-order valence-electron chi connectivity index (χ4n) is 3.19. The van der Waals surface area contributed by atoms with E-state index in [0.717, 1.165) is 36.8 Å². The number of carbonyl (C=O) groups excluding carboxylic acids is 1. The highest BCUT2D eigenvalue weighted by atomic mass is 32.2. The Morgan fingerprint density at radius 3 is 1.93 bits per heavy atom. The van der Waals surface area contributed by atoms with Crippen LogP contribution in [0.1, 0.15) is 84.5 Å². The third-order valence-corrected chi connectivity index (χ3v) is 5.72. The second-order valence-electron chi connectivity index (χ2n) is 8.29. The molecule has 0 heterocycles. The van der Waals surface area contributed by atoms with Gasteiger partial charge in [-0.05, 0) is 32.6 Å². The Morgan fingerprint density at radius 1 is 0.926 bits per heavy atom. The van der Waals surface area contributed by atoms with Crippen LogP contribution in [0, 0.1) is 0 Å². The van der Waals surface area contributed by atoms with Gasteiger partial charge in [0.1, 0.15) is 0 Å². The molecule has 162 valence electrons. The summed E-state index contributed by atoms with van der Waals surface area (Å²) in [5.74, 6) is -0.253. The van der Waals surface area contributed by atoms with Gasteiger partial charge in [-0.3, -0.25) is 9.35 Å². The van der Waals surface area contributed by atoms with Crippen molar-refractivity contribution in [2.75, 3.05) is 32.9 Å². The van der Waals surface area contributed by atoms with E-state index in [0.29, 0.717) is 12.8 Å². The number of hydrogen-bond donors (Lipinski definition) is 1. The van der Waals surface area contributed by atoms with Gasteiger partial charge >= 0.3 is 5.97 Å². The molecule has 0 aromatic rings. The number of hydrogen-bond acceptors (Lipinski definition) is 4. The van der Waals surface area contributed by atoms with E-state index in [2.05, 4.69) is 14.1 Å². The largest absolute Gasteiger partial charge is 0.463 e. The third kappa shape index (κ3) is 18.5. The van der Waals surface area contributed by atoms with Gasteiger partial charge in [0.15, 0.2) is 0 Å². The first-order chi connectivity index (χ1) is 12.6. The zero-order valence-electron chi connectivity index (χ0n) is 17.9. The monoisotopic (exact) mass is 408 g/mol. The quantitative estimate of drug-likeness (QED) is 0.169. The predicted octanol–water partition coefficient (Wildman–Crippen LogP) is 4.19. The van der Waals surface area contributed by atoms with E-state index in [1.807, 2.05) is 13.8 Å². The van der Waals surface area contributed by atoms with Crippen LogP contribution in [0.5, 0.6) is 0 Å². The molecule has 0 aliphatic rings. The number of esters is 1. The molecule has 0 fully saturated rings. The Morgan fingerprint density at radius 2 is 1.41 bits per heavy atom. The van der Waals surface area contributed by atoms with E-state index >= 15 is 0 Å². The van der Waals surface area contributed by atoms with Gasteiger partial charge in [0, 0.05) is 12.8 Å².